The molecule has 0 amide bonds. The Hall–Kier alpha value is -0.300. The van der Waals surface area contributed by atoms with E-state index in [4.69, 9.17) is 0 Å². The molecule has 2 aliphatic rings. The van der Waals surface area contributed by atoms with E-state index in [0.717, 1.165) is 11.8 Å². The topological polar surface area (TPSA) is 0 Å². The second-order valence-electron chi connectivity index (χ2n) is 5.14. The highest BCUT2D eigenvalue weighted by molar-refractivity contribution is 9.10. The minimum atomic E-state index is 0.880. The van der Waals surface area contributed by atoms with Gasteiger partial charge in [0.15, 0.2) is 0 Å². The van der Waals surface area contributed by atoms with Gasteiger partial charge < -0.3 is 0 Å². The van der Waals surface area contributed by atoms with Crippen LogP contribution in [0, 0.1) is 12.8 Å². The lowest BCUT2D eigenvalue weighted by Gasteiger charge is -2.26. The Bertz CT molecular complexity index is 391. The molecule has 0 aromatic heterocycles. The van der Waals surface area contributed by atoms with Crippen molar-refractivity contribution in [1.82, 2.24) is 0 Å². The fourth-order valence-corrected chi connectivity index (χ4v) is 3.34. The van der Waals surface area contributed by atoms with Gasteiger partial charge in [-0.25, -0.2) is 0 Å². The van der Waals surface area contributed by atoms with Gasteiger partial charge in [-0.3, -0.25) is 0 Å². The van der Waals surface area contributed by atoms with E-state index < -0.39 is 0 Å². The van der Waals surface area contributed by atoms with Crippen LogP contribution in [0.5, 0.6) is 0 Å². The summed E-state index contributed by atoms with van der Waals surface area (Å²) in [5, 5.41) is 0. The Morgan fingerprint density at radius 2 is 2.00 bits per heavy atom. The molecule has 1 fully saturated rings. The first kappa shape index (κ1) is 9.89. The van der Waals surface area contributed by atoms with Gasteiger partial charge in [0.25, 0.3) is 0 Å². The molecule has 0 heterocycles. The predicted octanol–water partition coefficient (Wildman–Crippen LogP) is 4.59. The highest BCUT2D eigenvalue weighted by atomic mass is 79.9. The Morgan fingerprint density at radius 1 is 1.20 bits per heavy atom. The molecule has 0 nitrogen and oxygen atoms in total. The van der Waals surface area contributed by atoms with Crippen LogP contribution in [0.25, 0.3) is 0 Å². The van der Waals surface area contributed by atoms with E-state index in [9.17, 15) is 0 Å². The summed E-state index contributed by atoms with van der Waals surface area (Å²) in [5.74, 6) is 1.89. The number of halogens is 1. The van der Waals surface area contributed by atoms with E-state index >= 15 is 0 Å². The van der Waals surface area contributed by atoms with E-state index in [-0.39, 0.29) is 0 Å². The van der Waals surface area contributed by atoms with Gasteiger partial charge in [-0.15, -0.1) is 0 Å². The van der Waals surface area contributed by atoms with Crippen molar-refractivity contribution >= 4 is 15.9 Å². The van der Waals surface area contributed by atoms with Crippen molar-refractivity contribution in [3.8, 4) is 0 Å². The average Bonchev–Trinajstić information content (AvgIpc) is 3.02. The van der Waals surface area contributed by atoms with Gasteiger partial charge in [0.05, 0.1) is 0 Å². The van der Waals surface area contributed by atoms with Crippen molar-refractivity contribution in [3.05, 3.63) is 33.3 Å². The number of hydrogen-bond donors (Lipinski definition) is 0. The SMILES string of the molecule is Cc1cc2c(cc1Br)C(C1CC1)CCC2. The molecule has 0 radical (unpaired) electrons. The molecule has 3 rings (SSSR count). The van der Waals surface area contributed by atoms with Crippen molar-refractivity contribution in [2.75, 3.05) is 0 Å². The summed E-state index contributed by atoms with van der Waals surface area (Å²) in [6.45, 7) is 2.20. The largest absolute Gasteiger partial charge is 0.0547 e. The first-order valence-electron chi connectivity index (χ1n) is 6.04. The van der Waals surface area contributed by atoms with E-state index in [2.05, 4.69) is 35.0 Å². The zero-order valence-electron chi connectivity index (χ0n) is 9.22. The standard InChI is InChI=1S/C14H17Br/c1-9-7-11-3-2-4-12(10-5-6-10)13(11)8-14(9)15/h7-8,10,12H,2-6H2,1H3. The lowest BCUT2D eigenvalue weighted by atomic mass is 9.79. The van der Waals surface area contributed by atoms with E-state index in [1.54, 1.807) is 11.1 Å². The molecule has 0 N–H and O–H groups in total. The summed E-state index contributed by atoms with van der Waals surface area (Å²) in [5.41, 5.74) is 4.67. The minimum Gasteiger partial charge on any atom is -0.0547 e. The molecule has 80 valence electrons. The van der Waals surface area contributed by atoms with Crippen molar-refractivity contribution in [1.29, 1.82) is 0 Å². The van der Waals surface area contributed by atoms with Gasteiger partial charge in [0.1, 0.15) is 0 Å². The molecule has 0 aliphatic heterocycles. The van der Waals surface area contributed by atoms with Crippen molar-refractivity contribution in [2.45, 2.75) is 44.9 Å². The molecule has 1 aromatic carbocycles. The summed E-state index contributed by atoms with van der Waals surface area (Å²) in [4.78, 5) is 0. The number of rotatable bonds is 1. The fraction of sp³-hybridized carbons (Fsp3) is 0.571. The molecular formula is C14H17Br. The van der Waals surface area contributed by atoms with Crippen LogP contribution >= 0.6 is 15.9 Å². The van der Waals surface area contributed by atoms with Crippen LogP contribution in [0.4, 0.5) is 0 Å². The van der Waals surface area contributed by atoms with E-state index in [1.807, 2.05) is 0 Å². The Labute approximate surface area is 100 Å². The molecule has 1 heteroatoms. The molecule has 1 unspecified atom stereocenters. The highest BCUT2D eigenvalue weighted by Crippen LogP contribution is 2.48. The summed E-state index contributed by atoms with van der Waals surface area (Å²) in [6, 6.07) is 4.79. The van der Waals surface area contributed by atoms with Crippen LogP contribution in [-0.2, 0) is 6.42 Å². The zero-order valence-corrected chi connectivity index (χ0v) is 10.8. The number of benzene rings is 1. The fourth-order valence-electron chi connectivity index (χ4n) is 2.97. The maximum absolute atomic E-state index is 3.67. The minimum absolute atomic E-state index is 0.880. The van der Waals surface area contributed by atoms with Crippen LogP contribution in [0.3, 0.4) is 0 Å². The summed E-state index contributed by atoms with van der Waals surface area (Å²) >= 11 is 3.67. The van der Waals surface area contributed by atoms with Crippen LogP contribution in [0.1, 0.15) is 48.3 Å². The van der Waals surface area contributed by atoms with Crippen molar-refractivity contribution in [3.63, 3.8) is 0 Å². The van der Waals surface area contributed by atoms with Crippen LogP contribution < -0.4 is 0 Å². The molecule has 1 saturated carbocycles. The molecule has 0 bridgehead atoms. The molecule has 2 aliphatic carbocycles. The third-order valence-corrected chi connectivity index (χ3v) is 4.83. The lowest BCUT2D eigenvalue weighted by molar-refractivity contribution is 0.503. The lowest BCUT2D eigenvalue weighted by Crippen LogP contribution is -2.11. The monoisotopic (exact) mass is 264 g/mol. The van der Waals surface area contributed by atoms with Gasteiger partial charge >= 0.3 is 0 Å². The smallest absolute Gasteiger partial charge is 0.0207 e. The van der Waals surface area contributed by atoms with Crippen LogP contribution in [0.2, 0.25) is 0 Å². The third-order valence-electron chi connectivity index (χ3n) is 3.97. The van der Waals surface area contributed by atoms with Crippen molar-refractivity contribution in [2.24, 2.45) is 5.92 Å². The first-order chi connectivity index (χ1) is 7.25. The van der Waals surface area contributed by atoms with Crippen LogP contribution in [-0.4, -0.2) is 0 Å². The predicted molar refractivity (Wildman–Crippen MR) is 67.3 cm³/mol. The number of aryl methyl sites for hydroxylation is 2. The Balaban J connectivity index is 2.05. The zero-order chi connectivity index (χ0) is 10.4. The number of hydrogen-bond acceptors (Lipinski definition) is 0. The average molecular weight is 265 g/mol. The Kier molecular flexibility index (Phi) is 2.39. The maximum atomic E-state index is 3.67. The van der Waals surface area contributed by atoms with Crippen molar-refractivity contribution < 1.29 is 0 Å². The highest BCUT2D eigenvalue weighted by Gasteiger charge is 2.34. The van der Waals surface area contributed by atoms with E-state index in [1.165, 1.54) is 42.1 Å². The summed E-state index contributed by atoms with van der Waals surface area (Å²) in [6.07, 6.45) is 7.06. The molecule has 1 atom stereocenters. The molecule has 0 saturated heterocycles. The summed E-state index contributed by atoms with van der Waals surface area (Å²) < 4.78 is 1.30. The Morgan fingerprint density at radius 3 is 2.73 bits per heavy atom. The molecular weight excluding hydrogens is 248 g/mol. The normalized spacial score (nSPS) is 25.1. The van der Waals surface area contributed by atoms with Gasteiger partial charge in [0.2, 0.25) is 0 Å². The molecule has 15 heavy (non-hydrogen) atoms. The molecule has 0 spiro atoms. The number of fused-ring (bicyclic) bond motifs is 1. The quantitative estimate of drug-likeness (QED) is 0.696. The van der Waals surface area contributed by atoms with Gasteiger partial charge in [0, 0.05) is 4.47 Å². The van der Waals surface area contributed by atoms with Crippen LogP contribution in [0.15, 0.2) is 16.6 Å². The second-order valence-corrected chi connectivity index (χ2v) is 5.99. The van der Waals surface area contributed by atoms with E-state index in [0.29, 0.717) is 0 Å². The van der Waals surface area contributed by atoms with Gasteiger partial charge in [-0.2, -0.15) is 0 Å². The van der Waals surface area contributed by atoms with Gasteiger partial charge in [-0.05, 0) is 73.6 Å². The second kappa shape index (κ2) is 3.62. The third kappa shape index (κ3) is 1.75. The summed E-state index contributed by atoms with van der Waals surface area (Å²) in [7, 11) is 0. The first-order valence-corrected chi connectivity index (χ1v) is 6.84. The van der Waals surface area contributed by atoms with Gasteiger partial charge in [-0.1, -0.05) is 22.0 Å². The maximum Gasteiger partial charge on any atom is 0.0207 e. The molecule has 1 aromatic rings.